The molecule has 4 heteroatoms. The smallest absolute Gasteiger partial charge is 0.141 e. The molecule has 156 valence electrons. The number of nitrogens with zero attached hydrogens (tertiary/aromatic N) is 1. The van der Waals surface area contributed by atoms with E-state index in [9.17, 15) is 8.78 Å². The molecule has 2 aromatic carbocycles. The lowest BCUT2D eigenvalue weighted by Crippen LogP contribution is -2.13. The first kappa shape index (κ1) is 22.4. The molecule has 0 radical (unpaired) electrons. The minimum Gasteiger partial charge on any atom is -0.206 e. The monoisotopic (exact) mass is 423 g/mol. The largest absolute Gasteiger partial charge is 0.206 e. The van der Waals surface area contributed by atoms with Crippen LogP contribution < -0.4 is 0 Å². The highest BCUT2D eigenvalue weighted by Gasteiger charge is 2.19. The molecule has 1 aliphatic carbocycles. The third-order valence-electron chi connectivity index (χ3n) is 5.85. The van der Waals surface area contributed by atoms with Crippen LogP contribution in [0.25, 0.3) is 11.1 Å². The average Bonchev–Trinajstić information content (AvgIpc) is 2.76. The number of rotatable bonds is 6. The van der Waals surface area contributed by atoms with E-state index in [2.05, 4.69) is 18.8 Å². The molecule has 0 aliphatic heterocycles. The van der Waals surface area contributed by atoms with Crippen LogP contribution in [0.15, 0.2) is 41.3 Å². The van der Waals surface area contributed by atoms with Gasteiger partial charge >= 0.3 is 0 Å². The summed E-state index contributed by atoms with van der Waals surface area (Å²) in [5, 5.41) is 10.4. The van der Waals surface area contributed by atoms with E-state index in [1.54, 1.807) is 5.40 Å². The quantitative estimate of drug-likeness (QED) is 0.204. The third kappa shape index (κ3) is 6.10. The third-order valence-corrected chi connectivity index (χ3v) is 6.53. The van der Waals surface area contributed by atoms with Gasteiger partial charge in [-0.15, -0.1) is 0 Å². The molecule has 0 N–H and O–H groups in total. The summed E-state index contributed by atoms with van der Waals surface area (Å²) < 4.78 is 28.1. The van der Waals surface area contributed by atoms with E-state index in [1.807, 2.05) is 24.3 Å². The molecule has 0 bridgehead atoms. The minimum absolute atomic E-state index is 0.260. The van der Waals surface area contributed by atoms with Gasteiger partial charge in [-0.1, -0.05) is 56.6 Å². The van der Waals surface area contributed by atoms with Gasteiger partial charge in [0.25, 0.3) is 0 Å². The zero-order chi connectivity index (χ0) is 21.3. The predicted octanol–water partition coefficient (Wildman–Crippen LogP) is 7.94. The molecule has 3 rings (SSSR count). The van der Waals surface area contributed by atoms with Crippen molar-refractivity contribution in [2.45, 2.75) is 63.2 Å². The molecular weight excluding hydrogens is 396 g/mol. The summed E-state index contributed by atoms with van der Waals surface area (Å²) in [6, 6.07) is 9.99. The summed E-state index contributed by atoms with van der Waals surface area (Å²) in [5.74, 6) is 6.61. The molecule has 1 saturated carbocycles. The predicted molar refractivity (Wildman–Crippen MR) is 120 cm³/mol. The first-order valence-corrected chi connectivity index (χ1v) is 11.6. The van der Waals surface area contributed by atoms with Crippen LogP contribution in [0.4, 0.5) is 8.78 Å². The Morgan fingerprint density at radius 1 is 0.967 bits per heavy atom. The van der Waals surface area contributed by atoms with Crippen LogP contribution in [0.2, 0.25) is 0 Å². The van der Waals surface area contributed by atoms with E-state index in [0.29, 0.717) is 23.2 Å². The Labute approximate surface area is 182 Å². The van der Waals surface area contributed by atoms with Crippen molar-refractivity contribution in [1.82, 2.24) is 0 Å². The van der Waals surface area contributed by atoms with E-state index in [1.165, 1.54) is 63.5 Å². The molecule has 1 nitrogen and oxygen atoms in total. The first-order chi connectivity index (χ1) is 14.6. The molecule has 0 amide bonds. The van der Waals surface area contributed by atoms with Crippen molar-refractivity contribution in [3.63, 3.8) is 0 Å². The van der Waals surface area contributed by atoms with E-state index >= 15 is 0 Å². The van der Waals surface area contributed by atoms with Gasteiger partial charge in [0.2, 0.25) is 0 Å². The summed E-state index contributed by atoms with van der Waals surface area (Å²) in [6.45, 7) is 2.25. The number of hydrogen-bond donors (Lipinski definition) is 0. The van der Waals surface area contributed by atoms with Gasteiger partial charge in [0, 0.05) is 11.5 Å². The molecule has 0 heterocycles. The van der Waals surface area contributed by atoms with Crippen molar-refractivity contribution in [2.24, 2.45) is 11.8 Å². The average molecular weight is 424 g/mol. The van der Waals surface area contributed by atoms with Gasteiger partial charge in [0.05, 0.1) is 4.90 Å². The summed E-state index contributed by atoms with van der Waals surface area (Å²) in [7, 11) is 0. The van der Waals surface area contributed by atoms with Crippen LogP contribution in [0.5, 0.6) is 0 Å². The Morgan fingerprint density at radius 2 is 1.63 bits per heavy atom. The molecule has 0 unspecified atom stereocenters. The topological polar surface area (TPSA) is 23.8 Å². The SMILES string of the molecule is CCCCCC1CCC(C#Cc2ccc(-c3cc(F)c(SC#N)c(F)c3)cc2)CC1. The maximum absolute atomic E-state index is 14.1. The first-order valence-electron chi connectivity index (χ1n) is 10.8. The molecule has 30 heavy (non-hydrogen) atoms. The van der Waals surface area contributed by atoms with Crippen molar-refractivity contribution < 1.29 is 8.78 Å². The van der Waals surface area contributed by atoms with Crippen molar-refractivity contribution in [1.29, 1.82) is 5.26 Å². The molecule has 1 fully saturated rings. The fraction of sp³-hybridized carbons (Fsp3) is 0.423. The summed E-state index contributed by atoms with van der Waals surface area (Å²) in [4.78, 5) is -0.260. The number of unbranched alkanes of at least 4 members (excludes halogenated alkanes) is 2. The van der Waals surface area contributed by atoms with Crippen LogP contribution in [0.3, 0.4) is 0 Å². The fourth-order valence-corrected chi connectivity index (χ4v) is 4.48. The van der Waals surface area contributed by atoms with Crippen molar-refractivity contribution in [2.75, 3.05) is 0 Å². The van der Waals surface area contributed by atoms with Crippen molar-refractivity contribution in [3.05, 3.63) is 53.6 Å². The van der Waals surface area contributed by atoms with Crippen LogP contribution in [0.1, 0.15) is 63.9 Å². The van der Waals surface area contributed by atoms with Crippen LogP contribution >= 0.6 is 11.8 Å². The second kappa shape index (κ2) is 11.2. The normalized spacial score (nSPS) is 18.3. The second-order valence-electron chi connectivity index (χ2n) is 8.02. The second-order valence-corrected chi connectivity index (χ2v) is 8.82. The Bertz CT molecular complexity index is 919. The molecule has 0 aromatic heterocycles. The van der Waals surface area contributed by atoms with E-state index in [4.69, 9.17) is 5.26 Å². The lowest BCUT2D eigenvalue weighted by Gasteiger charge is -2.25. The van der Waals surface area contributed by atoms with E-state index < -0.39 is 11.6 Å². The molecular formula is C26H27F2NS. The molecule has 0 spiro atoms. The number of thioether (sulfide) groups is 1. The van der Waals surface area contributed by atoms with Crippen molar-refractivity contribution >= 4 is 11.8 Å². The fourth-order valence-electron chi connectivity index (χ4n) is 4.08. The Balaban J connectivity index is 1.59. The molecule has 0 atom stereocenters. The zero-order valence-corrected chi connectivity index (χ0v) is 18.2. The lowest BCUT2D eigenvalue weighted by atomic mass is 9.80. The molecule has 2 aromatic rings. The van der Waals surface area contributed by atoms with Gasteiger partial charge in [-0.3, -0.25) is 0 Å². The van der Waals surface area contributed by atoms with Crippen LogP contribution in [-0.2, 0) is 0 Å². The van der Waals surface area contributed by atoms with Gasteiger partial charge in [0.15, 0.2) is 0 Å². The molecule has 1 aliphatic rings. The number of benzene rings is 2. The summed E-state index contributed by atoms with van der Waals surface area (Å²) >= 11 is 0.497. The lowest BCUT2D eigenvalue weighted by molar-refractivity contribution is 0.294. The molecule has 0 saturated heterocycles. The summed E-state index contributed by atoms with van der Waals surface area (Å²) in [6.07, 6.45) is 10.3. The highest BCUT2D eigenvalue weighted by atomic mass is 32.2. The zero-order valence-electron chi connectivity index (χ0n) is 17.4. The van der Waals surface area contributed by atoms with Crippen LogP contribution in [-0.4, -0.2) is 0 Å². The van der Waals surface area contributed by atoms with Gasteiger partial charge in [-0.25, -0.2) is 8.78 Å². The summed E-state index contributed by atoms with van der Waals surface area (Å²) in [5.41, 5.74) is 2.09. The number of hydrogen-bond acceptors (Lipinski definition) is 2. The highest BCUT2D eigenvalue weighted by molar-refractivity contribution is 8.03. The maximum atomic E-state index is 14.1. The Kier molecular flexibility index (Phi) is 8.35. The van der Waals surface area contributed by atoms with E-state index in [0.717, 1.165) is 17.0 Å². The van der Waals surface area contributed by atoms with Gasteiger partial charge < -0.3 is 0 Å². The number of thiocyanates is 1. The number of nitriles is 1. The van der Waals surface area contributed by atoms with E-state index in [-0.39, 0.29) is 4.90 Å². The minimum atomic E-state index is -0.717. The van der Waals surface area contributed by atoms with Crippen molar-refractivity contribution in [3.8, 4) is 28.4 Å². The van der Waals surface area contributed by atoms with Gasteiger partial charge in [0.1, 0.15) is 17.0 Å². The van der Waals surface area contributed by atoms with Gasteiger partial charge in [-0.2, -0.15) is 5.26 Å². The Hall–Kier alpha value is -2.30. The van der Waals surface area contributed by atoms with Crippen LogP contribution in [0, 0.1) is 46.0 Å². The van der Waals surface area contributed by atoms with Gasteiger partial charge in [-0.05, 0) is 78.8 Å². The Morgan fingerprint density at radius 3 is 2.23 bits per heavy atom. The highest BCUT2D eigenvalue weighted by Crippen LogP contribution is 2.32. The number of halogens is 2. The standard InChI is InChI=1S/C26H27F2NS/c1-2-3-4-5-19-6-8-20(9-7-19)10-11-21-12-14-22(15-13-21)23-16-24(27)26(30-18-29)25(28)17-23/h12-17,19-20H,2-9H2,1H3. The maximum Gasteiger partial charge on any atom is 0.141 e.